The number of hydrogen-bond donors (Lipinski definition) is 1. The van der Waals surface area contributed by atoms with Gasteiger partial charge in [0.2, 0.25) is 0 Å². The molecule has 16 heavy (non-hydrogen) atoms. The summed E-state index contributed by atoms with van der Waals surface area (Å²) in [6.07, 6.45) is 0.880. The fourth-order valence-electron chi connectivity index (χ4n) is 1.50. The van der Waals surface area contributed by atoms with Gasteiger partial charge in [-0.3, -0.25) is 0 Å². The van der Waals surface area contributed by atoms with E-state index in [2.05, 4.69) is 5.32 Å². The lowest BCUT2D eigenvalue weighted by atomic mass is 10.4. The summed E-state index contributed by atoms with van der Waals surface area (Å²) in [6.45, 7) is 6.59. The molecule has 0 aromatic rings. The fraction of sp³-hybridized carbons (Fsp3) is 1.00. The number of nitrogens with one attached hydrogen (secondary N) is 1. The summed E-state index contributed by atoms with van der Waals surface area (Å²) < 4.78 is 27.2. The molecule has 0 saturated carbocycles. The molecule has 0 unspecified atom stereocenters. The lowest BCUT2D eigenvalue weighted by molar-refractivity contribution is 0.342. The summed E-state index contributed by atoms with van der Waals surface area (Å²) in [5.74, 6) is 0. The molecule has 0 aromatic carbocycles. The molecule has 7 heteroatoms. The molecule has 1 N–H and O–H groups in total. The topological polar surface area (TPSA) is 52.7 Å². The quantitative estimate of drug-likeness (QED) is 0.803. The number of hydrogen-bond acceptors (Lipinski definition) is 3. The largest absolute Gasteiger partial charge is 0.315 e. The van der Waals surface area contributed by atoms with E-state index in [4.69, 9.17) is 0 Å². The van der Waals surface area contributed by atoms with Crippen molar-refractivity contribution in [2.24, 2.45) is 0 Å². The summed E-state index contributed by atoms with van der Waals surface area (Å²) >= 11 is 0. The molecule has 1 aliphatic rings. The van der Waals surface area contributed by atoms with E-state index in [0.29, 0.717) is 13.1 Å². The van der Waals surface area contributed by atoms with E-state index in [-0.39, 0.29) is 18.4 Å². The average Bonchev–Trinajstić information content (AvgIpc) is 2.44. The van der Waals surface area contributed by atoms with Crippen LogP contribution in [0.2, 0.25) is 0 Å². The Morgan fingerprint density at radius 3 is 2.44 bits per heavy atom. The van der Waals surface area contributed by atoms with E-state index >= 15 is 0 Å². The Bertz CT molecular complexity index is 287. The van der Waals surface area contributed by atoms with Crippen molar-refractivity contribution >= 4 is 22.6 Å². The zero-order chi connectivity index (χ0) is 11.5. The highest BCUT2D eigenvalue weighted by Gasteiger charge is 2.28. The SMILES string of the molecule is CC(C)N(C)S(=O)(=O)N1CCCNCC1.Cl. The van der Waals surface area contributed by atoms with Crippen LogP contribution in [-0.2, 0) is 10.2 Å². The van der Waals surface area contributed by atoms with Gasteiger partial charge in [-0.2, -0.15) is 17.0 Å². The highest BCUT2D eigenvalue weighted by molar-refractivity contribution is 7.86. The van der Waals surface area contributed by atoms with Gasteiger partial charge in [0.25, 0.3) is 10.2 Å². The molecule has 0 aliphatic carbocycles. The van der Waals surface area contributed by atoms with Gasteiger partial charge >= 0.3 is 0 Å². The maximum absolute atomic E-state index is 12.1. The van der Waals surface area contributed by atoms with Crippen LogP contribution in [0.5, 0.6) is 0 Å². The normalized spacial score (nSPS) is 19.6. The van der Waals surface area contributed by atoms with Crippen LogP contribution in [0.15, 0.2) is 0 Å². The maximum Gasteiger partial charge on any atom is 0.281 e. The van der Waals surface area contributed by atoms with Crippen LogP contribution in [0.4, 0.5) is 0 Å². The molecule has 0 atom stereocenters. The Balaban J connectivity index is 0.00000225. The minimum absolute atomic E-state index is 0. The first kappa shape index (κ1) is 16.1. The van der Waals surface area contributed by atoms with Crippen LogP contribution in [0.25, 0.3) is 0 Å². The molecule has 1 aliphatic heterocycles. The second kappa shape index (κ2) is 6.76. The van der Waals surface area contributed by atoms with Gasteiger partial charge in [-0.25, -0.2) is 0 Å². The summed E-state index contributed by atoms with van der Waals surface area (Å²) in [5.41, 5.74) is 0. The van der Waals surface area contributed by atoms with Crippen LogP contribution in [0, 0.1) is 0 Å². The Morgan fingerprint density at radius 1 is 1.25 bits per heavy atom. The van der Waals surface area contributed by atoms with Crippen molar-refractivity contribution in [3.05, 3.63) is 0 Å². The van der Waals surface area contributed by atoms with Crippen molar-refractivity contribution in [3.63, 3.8) is 0 Å². The third kappa shape index (κ3) is 3.85. The number of halogens is 1. The highest BCUT2D eigenvalue weighted by Crippen LogP contribution is 2.11. The molecular weight excluding hydrogens is 250 g/mol. The van der Waals surface area contributed by atoms with Crippen molar-refractivity contribution in [2.45, 2.75) is 26.3 Å². The lowest BCUT2D eigenvalue weighted by Crippen LogP contribution is -2.45. The second-order valence-corrected chi connectivity index (χ2v) is 6.11. The van der Waals surface area contributed by atoms with Crippen molar-refractivity contribution in [2.75, 3.05) is 33.2 Å². The standard InChI is InChI=1S/C9H21N3O2S.ClH/c1-9(2)11(3)15(13,14)12-7-4-5-10-6-8-12;/h9-10H,4-8H2,1-3H3;1H. The van der Waals surface area contributed by atoms with E-state index in [1.807, 2.05) is 13.8 Å². The van der Waals surface area contributed by atoms with Crippen molar-refractivity contribution in [3.8, 4) is 0 Å². The Morgan fingerprint density at radius 2 is 1.88 bits per heavy atom. The third-order valence-electron chi connectivity index (χ3n) is 2.72. The third-order valence-corrected chi connectivity index (χ3v) is 4.88. The van der Waals surface area contributed by atoms with Crippen LogP contribution in [0.1, 0.15) is 20.3 Å². The molecule has 1 rings (SSSR count). The van der Waals surface area contributed by atoms with Crippen LogP contribution in [-0.4, -0.2) is 56.3 Å². The minimum atomic E-state index is -3.26. The molecule has 0 aromatic heterocycles. The smallest absolute Gasteiger partial charge is 0.281 e. The van der Waals surface area contributed by atoms with Gasteiger partial charge in [0.05, 0.1) is 0 Å². The molecule has 1 heterocycles. The van der Waals surface area contributed by atoms with Crippen molar-refractivity contribution < 1.29 is 8.42 Å². The lowest BCUT2D eigenvalue weighted by Gasteiger charge is -2.28. The zero-order valence-electron chi connectivity index (χ0n) is 10.1. The number of rotatable bonds is 3. The molecule has 0 bridgehead atoms. The van der Waals surface area contributed by atoms with Gasteiger partial charge in [0, 0.05) is 32.7 Å². The molecular formula is C9H22ClN3O2S. The Labute approximate surface area is 105 Å². The fourth-order valence-corrected chi connectivity index (χ4v) is 3.08. The predicted molar refractivity (Wildman–Crippen MR) is 68.1 cm³/mol. The molecule has 0 spiro atoms. The monoisotopic (exact) mass is 271 g/mol. The van der Waals surface area contributed by atoms with E-state index in [0.717, 1.165) is 19.5 Å². The summed E-state index contributed by atoms with van der Waals surface area (Å²) in [5, 5.41) is 3.19. The van der Waals surface area contributed by atoms with Gasteiger partial charge < -0.3 is 5.32 Å². The van der Waals surface area contributed by atoms with Gasteiger partial charge in [0.1, 0.15) is 0 Å². The van der Waals surface area contributed by atoms with Crippen molar-refractivity contribution in [1.29, 1.82) is 0 Å². The van der Waals surface area contributed by atoms with Crippen LogP contribution in [0.3, 0.4) is 0 Å². The molecule has 0 amide bonds. The van der Waals surface area contributed by atoms with Gasteiger partial charge in [-0.1, -0.05) is 0 Å². The maximum atomic E-state index is 12.1. The van der Waals surface area contributed by atoms with E-state index < -0.39 is 10.2 Å². The zero-order valence-corrected chi connectivity index (χ0v) is 11.8. The van der Waals surface area contributed by atoms with E-state index in [1.54, 1.807) is 11.4 Å². The molecule has 98 valence electrons. The van der Waals surface area contributed by atoms with Gasteiger partial charge in [-0.15, -0.1) is 12.4 Å². The van der Waals surface area contributed by atoms with Crippen LogP contribution < -0.4 is 5.32 Å². The van der Waals surface area contributed by atoms with Gasteiger partial charge in [0.15, 0.2) is 0 Å². The highest BCUT2D eigenvalue weighted by atomic mass is 35.5. The van der Waals surface area contributed by atoms with Gasteiger partial charge in [-0.05, 0) is 26.8 Å². The predicted octanol–water partition coefficient (Wildman–Crippen LogP) is 0.289. The molecule has 1 saturated heterocycles. The van der Waals surface area contributed by atoms with Crippen LogP contribution >= 0.6 is 12.4 Å². The molecule has 0 radical (unpaired) electrons. The summed E-state index contributed by atoms with van der Waals surface area (Å²) in [6, 6.07) is 0.00575. The first-order chi connectivity index (χ1) is 6.96. The summed E-state index contributed by atoms with van der Waals surface area (Å²) in [7, 11) is -1.62. The van der Waals surface area contributed by atoms with E-state index in [9.17, 15) is 8.42 Å². The Hall–Kier alpha value is 0.120. The molecule has 5 nitrogen and oxygen atoms in total. The molecule has 1 fully saturated rings. The minimum Gasteiger partial charge on any atom is -0.315 e. The first-order valence-corrected chi connectivity index (χ1v) is 6.80. The second-order valence-electron chi connectivity index (χ2n) is 4.12. The summed E-state index contributed by atoms with van der Waals surface area (Å²) in [4.78, 5) is 0. The van der Waals surface area contributed by atoms with E-state index in [1.165, 1.54) is 4.31 Å². The van der Waals surface area contributed by atoms with Crippen molar-refractivity contribution in [1.82, 2.24) is 13.9 Å². The number of nitrogens with zero attached hydrogens (tertiary/aromatic N) is 2. The first-order valence-electron chi connectivity index (χ1n) is 5.40. The Kier molecular flexibility index (Phi) is 6.81. The average molecular weight is 272 g/mol.